The van der Waals surface area contributed by atoms with Gasteiger partial charge in [0.25, 0.3) is 10.2 Å². The Morgan fingerprint density at radius 1 is 1.43 bits per heavy atom. The maximum Gasteiger partial charge on any atom is 0.305 e. The summed E-state index contributed by atoms with van der Waals surface area (Å²) in [6, 6.07) is 0. The van der Waals surface area contributed by atoms with Crippen LogP contribution < -0.4 is 9.44 Å². The van der Waals surface area contributed by atoms with Crippen LogP contribution in [-0.4, -0.2) is 31.6 Å². The zero-order valence-corrected chi connectivity index (χ0v) is 9.31. The highest BCUT2D eigenvalue weighted by atomic mass is 32.2. The first-order chi connectivity index (χ1) is 6.18. The van der Waals surface area contributed by atoms with Crippen molar-refractivity contribution in [2.45, 2.75) is 32.7 Å². The molecule has 0 radical (unpaired) electrons. The summed E-state index contributed by atoms with van der Waals surface area (Å²) in [5, 5.41) is 8.52. The monoisotopic (exact) mass is 224 g/mol. The van der Waals surface area contributed by atoms with E-state index in [0.717, 1.165) is 0 Å². The molecule has 0 aliphatic rings. The normalized spacial score (nSPS) is 12.8. The SMILES string of the molecule is CCNS(=O)(=O)NC(C)(C)CC(=O)O. The average molecular weight is 224 g/mol. The molecule has 0 heterocycles. The van der Waals surface area contributed by atoms with E-state index in [4.69, 9.17) is 5.11 Å². The van der Waals surface area contributed by atoms with Crippen LogP contribution in [0.1, 0.15) is 27.2 Å². The Balaban J connectivity index is 4.42. The van der Waals surface area contributed by atoms with Crippen LogP contribution in [0.15, 0.2) is 0 Å². The lowest BCUT2D eigenvalue weighted by Gasteiger charge is -2.23. The molecule has 0 aliphatic heterocycles. The molecule has 84 valence electrons. The summed E-state index contributed by atoms with van der Waals surface area (Å²) in [4.78, 5) is 10.4. The molecule has 0 aliphatic carbocycles. The average Bonchev–Trinajstić information content (AvgIpc) is 1.78. The van der Waals surface area contributed by atoms with Crippen LogP contribution in [-0.2, 0) is 15.0 Å². The second kappa shape index (κ2) is 4.72. The third-order valence-corrected chi connectivity index (χ3v) is 2.83. The fraction of sp³-hybridized carbons (Fsp3) is 0.857. The third kappa shape index (κ3) is 5.90. The fourth-order valence-corrected chi connectivity index (χ4v) is 2.26. The van der Waals surface area contributed by atoms with Gasteiger partial charge in [0, 0.05) is 12.1 Å². The molecule has 0 saturated heterocycles. The molecule has 0 spiro atoms. The number of rotatable bonds is 6. The maximum atomic E-state index is 11.2. The molecule has 0 rings (SSSR count). The molecule has 6 nitrogen and oxygen atoms in total. The summed E-state index contributed by atoms with van der Waals surface area (Å²) < 4.78 is 26.9. The van der Waals surface area contributed by atoms with Crippen molar-refractivity contribution in [2.75, 3.05) is 6.54 Å². The van der Waals surface area contributed by atoms with Gasteiger partial charge in [-0.15, -0.1) is 0 Å². The first-order valence-electron chi connectivity index (χ1n) is 4.19. The van der Waals surface area contributed by atoms with Crippen LogP contribution in [0.4, 0.5) is 0 Å². The van der Waals surface area contributed by atoms with Gasteiger partial charge in [0.1, 0.15) is 0 Å². The number of carbonyl (C=O) groups is 1. The van der Waals surface area contributed by atoms with E-state index in [0.29, 0.717) is 0 Å². The lowest BCUT2D eigenvalue weighted by Crippen LogP contribution is -2.49. The van der Waals surface area contributed by atoms with Crippen molar-refractivity contribution < 1.29 is 18.3 Å². The summed E-state index contributed by atoms with van der Waals surface area (Å²) in [6.45, 7) is 4.92. The van der Waals surface area contributed by atoms with Crippen molar-refractivity contribution in [3.8, 4) is 0 Å². The molecule has 0 aromatic heterocycles. The van der Waals surface area contributed by atoms with Gasteiger partial charge in [-0.05, 0) is 13.8 Å². The van der Waals surface area contributed by atoms with E-state index in [-0.39, 0.29) is 13.0 Å². The summed E-state index contributed by atoms with van der Waals surface area (Å²) in [5.74, 6) is -1.05. The largest absolute Gasteiger partial charge is 0.481 e. The quantitative estimate of drug-likeness (QED) is 0.576. The minimum absolute atomic E-state index is 0.262. The predicted octanol–water partition coefficient (Wildman–Crippen LogP) is -0.316. The summed E-state index contributed by atoms with van der Waals surface area (Å²) in [6.07, 6.45) is -0.266. The number of aliphatic carboxylic acids is 1. The summed E-state index contributed by atoms with van der Waals surface area (Å²) in [5.41, 5.74) is -0.993. The van der Waals surface area contributed by atoms with Gasteiger partial charge >= 0.3 is 5.97 Å². The first-order valence-corrected chi connectivity index (χ1v) is 5.67. The summed E-state index contributed by atoms with van der Waals surface area (Å²) >= 11 is 0. The zero-order valence-electron chi connectivity index (χ0n) is 8.49. The molecule has 0 aromatic carbocycles. The third-order valence-electron chi connectivity index (χ3n) is 1.34. The van der Waals surface area contributed by atoms with Gasteiger partial charge < -0.3 is 5.11 Å². The van der Waals surface area contributed by atoms with E-state index < -0.39 is 21.7 Å². The molecule has 0 atom stereocenters. The van der Waals surface area contributed by atoms with Gasteiger partial charge in [-0.1, -0.05) is 6.92 Å². The van der Waals surface area contributed by atoms with Gasteiger partial charge in [-0.2, -0.15) is 13.1 Å². The Labute approximate surface area is 83.9 Å². The smallest absolute Gasteiger partial charge is 0.305 e. The summed E-state index contributed by atoms with van der Waals surface area (Å²) in [7, 11) is -3.60. The molecule has 0 bridgehead atoms. The van der Waals surface area contributed by atoms with Crippen LogP contribution in [0.25, 0.3) is 0 Å². The minimum atomic E-state index is -3.60. The topological polar surface area (TPSA) is 95.5 Å². The molecule has 0 aromatic rings. The van der Waals surface area contributed by atoms with E-state index in [1.54, 1.807) is 6.92 Å². The second-order valence-electron chi connectivity index (χ2n) is 3.56. The highest BCUT2D eigenvalue weighted by molar-refractivity contribution is 7.87. The fourth-order valence-electron chi connectivity index (χ4n) is 1.00. The minimum Gasteiger partial charge on any atom is -0.481 e. The van der Waals surface area contributed by atoms with Crippen LogP contribution in [0.2, 0.25) is 0 Å². The second-order valence-corrected chi connectivity index (χ2v) is 5.06. The van der Waals surface area contributed by atoms with Gasteiger partial charge in [0.05, 0.1) is 6.42 Å². The molecule has 0 unspecified atom stereocenters. The van der Waals surface area contributed by atoms with Gasteiger partial charge in [-0.3, -0.25) is 4.79 Å². The van der Waals surface area contributed by atoms with E-state index in [1.165, 1.54) is 13.8 Å². The number of nitrogens with one attached hydrogen (secondary N) is 2. The molecule has 7 heteroatoms. The van der Waals surface area contributed by atoms with Crippen LogP contribution in [0.5, 0.6) is 0 Å². The Hall–Kier alpha value is -0.660. The number of hydrogen-bond donors (Lipinski definition) is 3. The highest BCUT2D eigenvalue weighted by Crippen LogP contribution is 2.08. The molecular weight excluding hydrogens is 208 g/mol. The van der Waals surface area contributed by atoms with Crippen molar-refractivity contribution in [1.82, 2.24) is 9.44 Å². The van der Waals surface area contributed by atoms with Gasteiger partial charge in [0.2, 0.25) is 0 Å². The Morgan fingerprint density at radius 2 is 1.93 bits per heavy atom. The van der Waals surface area contributed by atoms with Crippen molar-refractivity contribution in [3.05, 3.63) is 0 Å². The molecule has 0 fully saturated rings. The molecule has 14 heavy (non-hydrogen) atoms. The van der Waals surface area contributed by atoms with Crippen molar-refractivity contribution in [3.63, 3.8) is 0 Å². The van der Waals surface area contributed by atoms with Crippen molar-refractivity contribution >= 4 is 16.2 Å². The van der Waals surface area contributed by atoms with Gasteiger partial charge in [0.15, 0.2) is 0 Å². The molecule has 0 saturated carbocycles. The molecule has 3 N–H and O–H groups in total. The van der Waals surface area contributed by atoms with Crippen LogP contribution in [0.3, 0.4) is 0 Å². The predicted molar refractivity (Wildman–Crippen MR) is 52.1 cm³/mol. The van der Waals surface area contributed by atoms with Crippen molar-refractivity contribution in [1.29, 1.82) is 0 Å². The number of carboxylic acid groups (broad SMARTS) is 1. The first kappa shape index (κ1) is 13.3. The van der Waals surface area contributed by atoms with Gasteiger partial charge in [-0.25, -0.2) is 4.72 Å². The van der Waals surface area contributed by atoms with E-state index in [1.807, 2.05) is 0 Å². The number of carboxylic acids is 1. The lowest BCUT2D eigenvalue weighted by molar-refractivity contribution is -0.138. The van der Waals surface area contributed by atoms with Crippen LogP contribution >= 0.6 is 0 Å². The maximum absolute atomic E-state index is 11.2. The van der Waals surface area contributed by atoms with Crippen LogP contribution in [0, 0.1) is 0 Å². The highest BCUT2D eigenvalue weighted by Gasteiger charge is 2.26. The molecule has 0 amide bonds. The lowest BCUT2D eigenvalue weighted by atomic mass is 10.0. The standard InChI is InChI=1S/C7H16N2O4S/c1-4-8-14(12,13)9-7(2,3)5-6(10)11/h8-9H,4-5H2,1-3H3,(H,10,11). The molecular formula is C7H16N2O4S. The van der Waals surface area contributed by atoms with E-state index >= 15 is 0 Å². The Kier molecular flexibility index (Phi) is 4.50. The van der Waals surface area contributed by atoms with E-state index in [9.17, 15) is 13.2 Å². The van der Waals surface area contributed by atoms with E-state index in [2.05, 4.69) is 9.44 Å². The number of hydrogen-bond acceptors (Lipinski definition) is 3. The van der Waals surface area contributed by atoms with Crippen molar-refractivity contribution in [2.24, 2.45) is 0 Å². The Morgan fingerprint density at radius 3 is 2.29 bits per heavy atom. The zero-order chi connectivity index (χ0) is 11.4. The Bertz CT molecular complexity index is 297.